The number of hydrogen-bond donors (Lipinski definition) is 2. The lowest BCUT2D eigenvalue weighted by atomic mass is 10.1. The molecule has 1 aromatic carbocycles. The SMILES string of the molecule is Cc1ccc(F)c(OCC(=O)N[C@H](C(=O)O)C(C)C)c1. The largest absolute Gasteiger partial charge is 0.481 e. The van der Waals surface area contributed by atoms with Crippen LogP contribution >= 0.6 is 0 Å². The highest BCUT2D eigenvalue weighted by Crippen LogP contribution is 2.18. The monoisotopic (exact) mass is 283 g/mol. The van der Waals surface area contributed by atoms with Crippen molar-refractivity contribution in [2.24, 2.45) is 5.92 Å². The van der Waals surface area contributed by atoms with E-state index in [1.165, 1.54) is 12.1 Å². The fraction of sp³-hybridized carbons (Fsp3) is 0.429. The van der Waals surface area contributed by atoms with Gasteiger partial charge in [-0.25, -0.2) is 9.18 Å². The van der Waals surface area contributed by atoms with Crippen molar-refractivity contribution in [1.29, 1.82) is 0 Å². The molecule has 0 bridgehead atoms. The smallest absolute Gasteiger partial charge is 0.326 e. The van der Waals surface area contributed by atoms with Gasteiger partial charge in [0.1, 0.15) is 6.04 Å². The molecule has 1 rings (SSSR count). The lowest BCUT2D eigenvalue weighted by Gasteiger charge is -2.18. The average Bonchev–Trinajstić information content (AvgIpc) is 2.36. The summed E-state index contributed by atoms with van der Waals surface area (Å²) in [6.45, 7) is 4.70. The van der Waals surface area contributed by atoms with Crippen molar-refractivity contribution >= 4 is 11.9 Å². The highest BCUT2D eigenvalue weighted by atomic mass is 19.1. The highest BCUT2D eigenvalue weighted by molar-refractivity contribution is 5.84. The Kier molecular flexibility index (Phi) is 5.49. The number of carboxylic acid groups (broad SMARTS) is 1. The number of aliphatic carboxylic acids is 1. The van der Waals surface area contributed by atoms with Gasteiger partial charge in [0, 0.05) is 0 Å². The molecule has 0 aliphatic rings. The molecular weight excluding hydrogens is 265 g/mol. The molecule has 20 heavy (non-hydrogen) atoms. The van der Waals surface area contributed by atoms with Crippen molar-refractivity contribution in [1.82, 2.24) is 5.32 Å². The summed E-state index contributed by atoms with van der Waals surface area (Å²) >= 11 is 0. The van der Waals surface area contributed by atoms with Gasteiger partial charge in [-0.1, -0.05) is 19.9 Å². The molecule has 0 aromatic heterocycles. The molecule has 0 saturated heterocycles. The lowest BCUT2D eigenvalue weighted by Crippen LogP contribution is -2.46. The molecule has 1 amide bonds. The van der Waals surface area contributed by atoms with Crippen molar-refractivity contribution in [3.8, 4) is 5.75 Å². The van der Waals surface area contributed by atoms with Gasteiger partial charge in [0.05, 0.1) is 0 Å². The van der Waals surface area contributed by atoms with E-state index in [0.29, 0.717) is 0 Å². The number of rotatable bonds is 6. The van der Waals surface area contributed by atoms with Gasteiger partial charge in [-0.2, -0.15) is 0 Å². The average molecular weight is 283 g/mol. The zero-order valence-corrected chi connectivity index (χ0v) is 11.6. The molecule has 5 nitrogen and oxygen atoms in total. The van der Waals surface area contributed by atoms with Crippen LogP contribution in [0.5, 0.6) is 5.75 Å². The number of amides is 1. The fourth-order valence-corrected chi connectivity index (χ4v) is 1.59. The van der Waals surface area contributed by atoms with Crippen LogP contribution in [0.4, 0.5) is 4.39 Å². The van der Waals surface area contributed by atoms with Gasteiger partial charge in [0.15, 0.2) is 18.2 Å². The number of carbonyl (C=O) groups is 2. The van der Waals surface area contributed by atoms with Gasteiger partial charge in [0.2, 0.25) is 0 Å². The van der Waals surface area contributed by atoms with E-state index >= 15 is 0 Å². The first-order valence-corrected chi connectivity index (χ1v) is 6.22. The molecule has 0 spiro atoms. The van der Waals surface area contributed by atoms with Crippen LogP contribution in [-0.2, 0) is 9.59 Å². The standard InChI is InChI=1S/C14H18FNO4/c1-8(2)13(14(18)19)16-12(17)7-20-11-6-9(3)4-5-10(11)15/h4-6,8,13H,7H2,1-3H3,(H,16,17)(H,18,19)/t13-/m0/s1. The second-order valence-corrected chi connectivity index (χ2v) is 4.85. The third-order valence-electron chi connectivity index (χ3n) is 2.69. The van der Waals surface area contributed by atoms with E-state index in [0.717, 1.165) is 5.56 Å². The zero-order valence-electron chi connectivity index (χ0n) is 11.6. The lowest BCUT2D eigenvalue weighted by molar-refractivity contribution is -0.143. The van der Waals surface area contributed by atoms with E-state index in [2.05, 4.69) is 5.32 Å². The third-order valence-corrected chi connectivity index (χ3v) is 2.69. The molecule has 6 heteroatoms. The topological polar surface area (TPSA) is 75.6 Å². The van der Waals surface area contributed by atoms with E-state index < -0.39 is 30.3 Å². The van der Waals surface area contributed by atoms with Crippen LogP contribution in [0.3, 0.4) is 0 Å². The summed E-state index contributed by atoms with van der Waals surface area (Å²) < 4.78 is 18.4. The minimum atomic E-state index is -1.12. The number of carbonyl (C=O) groups excluding carboxylic acids is 1. The normalized spacial score (nSPS) is 12.1. The maximum absolute atomic E-state index is 13.4. The van der Waals surface area contributed by atoms with E-state index in [1.54, 1.807) is 26.8 Å². The van der Waals surface area contributed by atoms with Crippen molar-refractivity contribution in [2.45, 2.75) is 26.8 Å². The molecule has 2 N–H and O–H groups in total. The number of ether oxygens (including phenoxy) is 1. The van der Waals surface area contributed by atoms with E-state index in [1.807, 2.05) is 0 Å². The first-order chi connectivity index (χ1) is 9.31. The van der Waals surface area contributed by atoms with Crippen molar-refractivity contribution < 1.29 is 23.8 Å². The predicted octanol–water partition coefficient (Wildman–Crippen LogP) is 1.74. The van der Waals surface area contributed by atoms with Gasteiger partial charge in [-0.15, -0.1) is 0 Å². The third kappa shape index (κ3) is 4.53. The molecule has 0 saturated carbocycles. The van der Waals surface area contributed by atoms with Crippen LogP contribution in [0.2, 0.25) is 0 Å². The molecule has 0 fully saturated rings. The molecule has 1 aromatic rings. The Morgan fingerprint density at radius 3 is 2.60 bits per heavy atom. The molecule has 0 unspecified atom stereocenters. The summed E-state index contributed by atoms with van der Waals surface area (Å²) in [6.07, 6.45) is 0. The number of carboxylic acids is 1. The number of nitrogens with one attached hydrogen (secondary N) is 1. The van der Waals surface area contributed by atoms with E-state index in [4.69, 9.17) is 9.84 Å². The van der Waals surface area contributed by atoms with Gasteiger partial charge in [-0.05, 0) is 30.5 Å². The van der Waals surface area contributed by atoms with Crippen molar-refractivity contribution in [2.75, 3.05) is 6.61 Å². The zero-order chi connectivity index (χ0) is 15.3. The Balaban J connectivity index is 2.59. The molecule has 0 aliphatic carbocycles. The quantitative estimate of drug-likeness (QED) is 0.833. The predicted molar refractivity (Wildman–Crippen MR) is 71.0 cm³/mol. The van der Waals surface area contributed by atoms with Gasteiger partial charge >= 0.3 is 5.97 Å². The summed E-state index contributed by atoms with van der Waals surface area (Å²) in [7, 11) is 0. The number of halogens is 1. The first kappa shape index (κ1) is 15.9. The first-order valence-electron chi connectivity index (χ1n) is 6.22. The van der Waals surface area contributed by atoms with Gasteiger partial charge in [0.25, 0.3) is 5.91 Å². The summed E-state index contributed by atoms with van der Waals surface area (Å²) in [5, 5.41) is 11.3. The maximum atomic E-state index is 13.4. The summed E-state index contributed by atoms with van der Waals surface area (Å²) in [5.41, 5.74) is 0.799. The number of hydrogen-bond acceptors (Lipinski definition) is 3. The van der Waals surface area contributed by atoms with Crippen LogP contribution in [0.25, 0.3) is 0 Å². The molecule has 0 heterocycles. The van der Waals surface area contributed by atoms with Crippen LogP contribution in [0, 0.1) is 18.7 Å². The van der Waals surface area contributed by atoms with E-state index in [9.17, 15) is 14.0 Å². The van der Waals surface area contributed by atoms with Crippen molar-refractivity contribution in [3.05, 3.63) is 29.6 Å². The summed E-state index contributed by atoms with van der Waals surface area (Å²) in [6, 6.07) is 3.31. The Morgan fingerprint density at radius 2 is 2.05 bits per heavy atom. The number of aryl methyl sites for hydroxylation is 1. The van der Waals surface area contributed by atoms with Gasteiger partial charge < -0.3 is 15.2 Å². The summed E-state index contributed by atoms with van der Waals surface area (Å²) in [5.74, 6) is -2.58. The Labute approximate surface area is 116 Å². The highest BCUT2D eigenvalue weighted by Gasteiger charge is 2.23. The van der Waals surface area contributed by atoms with Crippen LogP contribution in [-0.4, -0.2) is 29.6 Å². The van der Waals surface area contributed by atoms with Crippen LogP contribution in [0.1, 0.15) is 19.4 Å². The van der Waals surface area contributed by atoms with Crippen LogP contribution in [0.15, 0.2) is 18.2 Å². The molecular formula is C14H18FNO4. The minimum Gasteiger partial charge on any atom is -0.481 e. The second kappa shape index (κ2) is 6.88. The van der Waals surface area contributed by atoms with Crippen molar-refractivity contribution in [3.63, 3.8) is 0 Å². The molecule has 0 aliphatic heterocycles. The fourth-order valence-electron chi connectivity index (χ4n) is 1.59. The molecule has 110 valence electrons. The minimum absolute atomic E-state index is 0.0310. The number of benzene rings is 1. The Morgan fingerprint density at radius 1 is 1.40 bits per heavy atom. The van der Waals surface area contributed by atoms with E-state index in [-0.39, 0.29) is 11.7 Å². The van der Waals surface area contributed by atoms with Gasteiger partial charge in [-0.3, -0.25) is 4.79 Å². The van der Waals surface area contributed by atoms with Crippen LogP contribution < -0.4 is 10.1 Å². The molecule has 1 atom stereocenters. The maximum Gasteiger partial charge on any atom is 0.326 e. The Hall–Kier alpha value is -2.11. The Bertz CT molecular complexity index is 502. The second-order valence-electron chi connectivity index (χ2n) is 4.85. The molecule has 0 radical (unpaired) electrons. The summed E-state index contributed by atoms with van der Waals surface area (Å²) in [4.78, 5) is 22.5.